The van der Waals surface area contributed by atoms with E-state index < -0.39 is 0 Å². The van der Waals surface area contributed by atoms with Gasteiger partial charge in [-0.15, -0.1) is 0 Å². The van der Waals surface area contributed by atoms with E-state index in [1.807, 2.05) is 66.3 Å². The Morgan fingerprint density at radius 3 is 2.60 bits per heavy atom. The Hall–Kier alpha value is -3.34. The lowest BCUT2D eigenvalue weighted by molar-refractivity contribution is 0.141. The lowest BCUT2D eigenvalue weighted by atomic mass is 10.1. The molecule has 4 rings (SSSR count). The quantitative estimate of drug-likeness (QED) is 0.564. The van der Waals surface area contributed by atoms with Gasteiger partial charge in [0.25, 0.3) is 0 Å². The fourth-order valence-electron chi connectivity index (χ4n) is 2.76. The molecule has 5 heteroatoms. The predicted molar refractivity (Wildman–Crippen MR) is 96.2 cm³/mol. The summed E-state index contributed by atoms with van der Waals surface area (Å²) in [5.74, 6) is 0. The number of carbonyl (C=O) groups is 1. The van der Waals surface area contributed by atoms with E-state index in [4.69, 9.17) is 4.74 Å². The lowest BCUT2D eigenvalue weighted by Crippen LogP contribution is -2.11. The number of ether oxygens (including phenoxy) is 1. The minimum Gasteiger partial charge on any atom is -0.444 e. The molecular weight excluding hydrogens is 314 g/mol. The molecule has 2 aromatic heterocycles. The van der Waals surface area contributed by atoms with Crippen molar-refractivity contribution in [1.82, 2.24) is 14.1 Å². The van der Waals surface area contributed by atoms with Crippen LogP contribution in [0.15, 0.2) is 73.4 Å². The second-order valence-electron chi connectivity index (χ2n) is 5.97. The van der Waals surface area contributed by atoms with Crippen molar-refractivity contribution in [3.63, 3.8) is 0 Å². The first-order chi connectivity index (χ1) is 12.2. The standard InChI is InChI=1S/C20H17N3O2/c1-22-12-19(21-14-22)16-7-8-17-10-23(11-18(17)9-16)20(24)25-13-15-5-3-2-4-6-15/h2-12,14H,13H2,1H3. The molecule has 0 atom stereocenters. The van der Waals surface area contributed by atoms with Gasteiger partial charge < -0.3 is 9.30 Å². The molecule has 25 heavy (non-hydrogen) atoms. The van der Waals surface area contributed by atoms with Crippen molar-refractivity contribution in [1.29, 1.82) is 0 Å². The molecule has 4 aromatic rings. The highest BCUT2D eigenvalue weighted by molar-refractivity contribution is 5.90. The molecule has 0 amide bonds. The van der Waals surface area contributed by atoms with Gasteiger partial charge >= 0.3 is 6.09 Å². The summed E-state index contributed by atoms with van der Waals surface area (Å²) in [7, 11) is 1.94. The van der Waals surface area contributed by atoms with E-state index in [1.165, 1.54) is 4.57 Å². The molecule has 0 aliphatic heterocycles. The first-order valence-electron chi connectivity index (χ1n) is 8.00. The fraction of sp³-hybridized carbons (Fsp3) is 0.100. The Kier molecular flexibility index (Phi) is 3.82. The van der Waals surface area contributed by atoms with Crippen LogP contribution in [0.25, 0.3) is 22.0 Å². The highest BCUT2D eigenvalue weighted by atomic mass is 16.5. The van der Waals surface area contributed by atoms with E-state index in [0.717, 1.165) is 27.6 Å². The van der Waals surface area contributed by atoms with E-state index in [2.05, 4.69) is 4.98 Å². The van der Waals surface area contributed by atoms with Crippen molar-refractivity contribution in [2.24, 2.45) is 7.05 Å². The van der Waals surface area contributed by atoms with Crippen molar-refractivity contribution in [2.45, 2.75) is 6.61 Å². The Balaban J connectivity index is 1.55. The number of hydrogen-bond donors (Lipinski definition) is 0. The van der Waals surface area contributed by atoms with Gasteiger partial charge in [0.15, 0.2) is 0 Å². The van der Waals surface area contributed by atoms with Crippen molar-refractivity contribution >= 4 is 16.9 Å². The summed E-state index contributed by atoms with van der Waals surface area (Å²) in [5, 5.41) is 1.95. The molecule has 2 heterocycles. The van der Waals surface area contributed by atoms with Crippen molar-refractivity contribution < 1.29 is 9.53 Å². The summed E-state index contributed by atoms with van der Waals surface area (Å²) in [5.41, 5.74) is 2.89. The van der Waals surface area contributed by atoms with Crippen LogP contribution in [0, 0.1) is 0 Å². The molecule has 0 saturated carbocycles. The Morgan fingerprint density at radius 1 is 1.04 bits per heavy atom. The van der Waals surface area contributed by atoms with E-state index in [-0.39, 0.29) is 12.7 Å². The molecule has 5 nitrogen and oxygen atoms in total. The number of rotatable bonds is 3. The number of nitrogens with zero attached hydrogens (tertiary/aromatic N) is 3. The maximum absolute atomic E-state index is 12.3. The number of benzene rings is 2. The Morgan fingerprint density at radius 2 is 1.84 bits per heavy atom. The topological polar surface area (TPSA) is 49.0 Å². The van der Waals surface area contributed by atoms with Crippen LogP contribution in [-0.2, 0) is 18.4 Å². The lowest BCUT2D eigenvalue weighted by Gasteiger charge is -2.04. The summed E-state index contributed by atoms with van der Waals surface area (Å²) in [6.07, 6.45) is 6.91. The van der Waals surface area contributed by atoms with Gasteiger partial charge in [-0.2, -0.15) is 0 Å². The molecule has 0 aliphatic rings. The van der Waals surface area contributed by atoms with Gasteiger partial charge in [0, 0.05) is 42.0 Å². The van der Waals surface area contributed by atoms with E-state index in [9.17, 15) is 4.79 Å². The molecule has 124 valence electrons. The molecule has 0 aliphatic carbocycles. The minimum absolute atomic E-state index is 0.257. The van der Waals surface area contributed by atoms with Gasteiger partial charge in [0.1, 0.15) is 6.61 Å². The third-order valence-electron chi connectivity index (χ3n) is 4.06. The van der Waals surface area contributed by atoms with Crippen molar-refractivity contribution in [3.05, 3.63) is 79.0 Å². The van der Waals surface area contributed by atoms with E-state index >= 15 is 0 Å². The van der Waals surface area contributed by atoms with Gasteiger partial charge in [0.2, 0.25) is 0 Å². The Labute approximate surface area is 145 Å². The zero-order valence-corrected chi connectivity index (χ0v) is 13.8. The average molecular weight is 331 g/mol. The van der Waals surface area contributed by atoms with E-state index in [1.54, 1.807) is 18.7 Å². The number of fused-ring (bicyclic) bond motifs is 1. The maximum atomic E-state index is 12.3. The molecule has 0 fully saturated rings. The molecule has 0 bridgehead atoms. The van der Waals surface area contributed by atoms with Crippen molar-refractivity contribution in [2.75, 3.05) is 0 Å². The van der Waals surface area contributed by atoms with Crippen LogP contribution in [-0.4, -0.2) is 20.2 Å². The second-order valence-corrected chi connectivity index (χ2v) is 5.97. The van der Waals surface area contributed by atoms with Crippen LogP contribution in [0.2, 0.25) is 0 Å². The summed E-state index contributed by atoms with van der Waals surface area (Å²) in [6, 6.07) is 15.7. The summed E-state index contributed by atoms with van der Waals surface area (Å²) in [6.45, 7) is 0.257. The predicted octanol–water partition coefficient (Wildman–Crippen LogP) is 4.23. The van der Waals surface area contributed by atoms with E-state index in [0.29, 0.717) is 0 Å². The van der Waals surface area contributed by atoms with Gasteiger partial charge in [0.05, 0.1) is 12.0 Å². The van der Waals surface area contributed by atoms with Crippen LogP contribution >= 0.6 is 0 Å². The molecule has 0 saturated heterocycles. The molecule has 0 spiro atoms. The van der Waals surface area contributed by atoms with Crippen LogP contribution in [0.4, 0.5) is 4.79 Å². The SMILES string of the molecule is Cn1cnc(-c2ccc3cn(C(=O)OCc4ccccc4)cc3c2)c1. The van der Waals surface area contributed by atoms with Crippen molar-refractivity contribution in [3.8, 4) is 11.3 Å². The minimum atomic E-state index is -0.389. The number of imidazole rings is 1. The fourth-order valence-corrected chi connectivity index (χ4v) is 2.76. The monoisotopic (exact) mass is 331 g/mol. The third-order valence-corrected chi connectivity index (χ3v) is 4.06. The maximum Gasteiger partial charge on any atom is 0.418 e. The summed E-state index contributed by atoms with van der Waals surface area (Å²) in [4.78, 5) is 16.6. The molecule has 0 unspecified atom stereocenters. The second kappa shape index (κ2) is 6.28. The number of aromatic nitrogens is 3. The third kappa shape index (κ3) is 3.17. The van der Waals surface area contributed by atoms with Gasteiger partial charge in [-0.3, -0.25) is 4.57 Å². The van der Waals surface area contributed by atoms with Crippen LogP contribution in [0.1, 0.15) is 5.56 Å². The zero-order valence-electron chi connectivity index (χ0n) is 13.8. The zero-order chi connectivity index (χ0) is 17.2. The highest BCUT2D eigenvalue weighted by Gasteiger charge is 2.10. The summed E-state index contributed by atoms with van der Waals surface area (Å²) >= 11 is 0. The summed E-state index contributed by atoms with van der Waals surface area (Å²) < 4.78 is 8.76. The molecule has 2 aromatic carbocycles. The first-order valence-corrected chi connectivity index (χ1v) is 8.00. The largest absolute Gasteiger partial charge is 0.444 e. The number of carbonyl (C=O) groups excluding carboxylic acids is 1. The van der Waals surface area contributed by atoms with Gasteiger partial charge in [-0.1, -0.05) is 42.5 Å². The smallest absolute Gasteiger partial charge is 0.418 e. The van der Waals surface area contributed by atoms with Gasteiger partial charge in [-0.05, 0) is 11.6 Å². The average Bonchev–Trinajstić information content (AvgIpc) is 3.26. The molecule has 0 N–H and O–H groups in total. The van der Waals surface area contributed by atoms with Gasteiger partial charge in [-0.25, -0.2) is 9.78 Å². The van der Waals surface area contributed by atoms with Crippen LogP contribution in [0.5, 0.6) is 0 Å². The van der Waals surface area contributed by atoms with Crippen LogP contribution < -0.4 is 0 Å². The highest BCUT2D eigenvalue weighted by Crippen LogP contribution is 2.24. The Bertz CT molecular complexity index is 1030. The molecule has 0 radical (unpaired) electrons. The molecular formula is C20H17N3O2. The number of hydrogen-bond acceptors (Lipinski definition) is 3. The van der Waals surface area contributed by atoms with Crippen LogP contribution in [0.3, 0.4) is 0 Å². The number of aryl methyl sites for hydroxylation is 1. The normalized spacial score (nSPS) is 10.9. The first kappa shape index (κ1) is 15.2.